The van der Waals surface area contributed by atoms with Crippen LogP contribution in [-0.4, -0.2) is 53.8 Å². The minimum Gasteiger partial charge on any atom is -0.369 e. The summed E-state index contributed by atoms with van der Waals surface area (Å²) in [6, 6.07) is -0.0867. The van der Waals surface area contributed by atoms with Gasteiger partial charge in [-0.15, -0.1) is 0 Å². The van der Waals surface area contributed by atoms with E-state index in [2.05, 4.69) is 18.7 Å². The largest absolute Gasteiger partial charge is 0.369 e. The van der Waals surface area contributed by atoms with Crippen molar-refractivity contribution < 1.29 is 9.59 Å². The van der Waals surface area contributed by atoms with Crippen LogP contribution in [0, 0.1) is 17.8 Å². The Kier molecular flexibility index (Phi) is 5.25. The van der Waals surface area contributed by atoms with Crippen molar-refractivity contribution in [3.8, 4) is 0 Å². The highest BCUT2D eigenvalue weighted by Gasteiger charge is 2.33. The average Bonchev–Trinajstić information content (AvgIpc) is 2.44. The molecule has 3 unspecified atom stereocenters. The molecule has 0 radical (unpaired) electrons. The van der Waals surface area contributed by atoms with Crippen LogP contribution in [0.2, 0.25) is 0 Å². The zero-order valence-corrected chi connectivity index (χ0v) is 13.5. The molecule has 120 valence electrons. The third-order valence-electron chi connectivity index (χ3n) is 5.02. The highest BCUT2D eigenvalue weighted by atomic mass is 16.2. The number of nitrogens with zero attached hydrogens (tertiary/aromatic N) is 2. The van der Waals surface area contributed by atoms with E-state index < -0.39 is 0 Å². The van der Waals surface area contributed by atoms with E-state index in [1.807, 2.05) is 11.8 Å². The Morgan fingerprint density at radius 3 is 2.10 bits per heavy atom. The van der Waals surface area contributed by atoms with Gasteiger partial charge in [0.2, 0.25) is 11.8 Å². The number of nitrogens with two attached hydrogens (primary N) is 1. The molecule has 2 N–H and O–H groups in total. The van der Waals surface area contributed by atoms with Crippen LogP contribution < -0.4 is 5.73 Å². The van der Waals surface area contributed by atoms with Gasteiger partial charge in [0, 0.05) is 19.0 Å². The zero-order chi connectivity index (χ0) is 15.6. The van der Waals surface area contributed by atoms with Crippen LogP contribution in [-0.2, 0) is 9.59 Å². The molecule has 2 aliphatic rings. The smallest absolute Gasteiger partial charge is 0.239 e. The Balaban J connectivity index is 1.89. The Morgan fingerprint density at radius 1 is 1.10 bits per heavy atom. The van der Waals surface area contributed by atoms with Gasteiger partial charge in [0.1, 0.15) is 0 Å². The third kappa shape index (κ3) is 3.96. The molecule has 0 bridgehead atoms. The minimum atomic E-state index is -0.202. The van der Waals surface area contributed by atoms with Crippen molar-refractivity contribution in [2.24, 2.45) is 23.5 Å². The van der Waals surface area contributed by atoms with E-state index in [0.717, 1.165) is 39.0 Å². The summed E-state index contributed by atoms with van der Waals surface area (Å²) in [6.45, 7) is 9.78. The van der Waals surface area contributed by atoms with Gasteiger partial charge in [0.15, 0.2) is 0 Å². The summed E-state index contributed by atoms with van der Waals surface area (Å²) in [5.74, 6) is 1.20. The summed E-state index contributed by atoms with van der Waals surface area (Å²) in [5.41, 5.74) is 5.36. The summed E-state index contributed by atoms with van der Waals surface area (Å²) >= 11 is 0. The van der Waals surface area contributed by atoms with E-state index in [9.17, 15) is 9.59 Å². The maximum absolute atomic E-state index is 12.7. The predicted molar refractivity (Wildman–Crippen MR) is 82.5 cm³/mol. The van der Waals surface area contributed by atoms with Crippen molar-refractivity contribution >= 4 is 11.8 Å². The number of carbonyl (C=O) groups is 2. The van der Waals surface area contributed by atoms with E-state index in [1.165, 1.54) is 6.42 Å². The fraction of sp³-hybridized carbons (Fsp3) is 0.875. The van der Waals surface area contributed by atoms with Gasteiger partial charge in [-0.1, -0.05) is 13.8 Å². The van der Waals surface area contributed by atoms with Crippen molar-refractivity contribution in [1.82, 2.24) is 9.80 Å². The summed E-state index contributed by atoms with van der Waals surface area (Å²) in [6.07, 6.45) is 2.77. The molecule has 2 saturated heterocycles. The van der Waals surface area contributed by atoms with Crippen LogP contribution >= 0.6 is 0 Å². The van der Waals surface area contributed by atoms with Gasteiger partial charge < -0.3 is 10.6 Å². The van der Waals surface area contributed by atoms with Crippen LogP contribution in [0.15, 0.2) is 0 Å². The number of hydrogen-bond acceptors (Lipinski definition) is 3. The highest BCUT2D eigenvalue weighted by molar-refractivity contribution is 5.81. The van der Waals surface area contributed by atoms with Crippen molar-refractivity contribution in [3.05, 3.63) is 0 Å². The number of hydrogen-bond donors (Lipinski definition) is 1. The maximum atomic E-state index is 12.7. The number of piperidine rings is 2. The molecule has 0 aromatic carbocycles. The molecule has 0 aromatic rings. The van der Waals surface area contributed by atoms with Crippen LogP contribution in [0.1, 0.15) is 40.0 Å². The van der Waals surface area contributed by atoms with Crippen molar-refractivity contribution in [3.63, 3.8) is 0 Å². The van der Waals surface area contributed by atoms with Gasteiger partial charge in [-0.2, -0.15) is 0 Å². The van der Waals surface area contributed by atoms with Crippen LogP contribution in [0.4, 0.5) is 0 Å². The lowest BCUT2D eigenvalue weighted by Crippen LogP contribution is -2.53. The normalized spacial score (nSPS) is 30.1. The zero-order valence-electron chi connectivity index (χ0n) is 13.5. The maximum Gasteiger partial charge on any atom is 0.239 e. The first-order valence-electron chi connectivity index (χ1n) is 8.20. The molecule has 21 heavy (non-hydrogen) atoms. The van der Waals surface area contributed by atoms with Gasteiger partial charge in [-0.05, 0) is 51.1 Å². The van der Waals surface area contributed by atoms with E-state index in [-0.39, 0.29) is 23.8 Å². The molecule has 2 amide bonds. The molecule has 2 aliphatic heterocycles. The lowest BCUT2D eigenvalue weighted by atomic mass is 9.91. The lowest BCUT2D eigenvalue weighted by molar-refractivity contribution is -0.139. The second-order valence-corrected chi connectivity index (χ2v) is 7.08. The lowest BCUT2D eigenvalue weighted by Gasteiger charge is -2.40. The number of rotatable bonds is 3. The average molecular weight is 295 g/mol. The van der Waals surface area contributed by atoms with Crippen molar-refractivity contribution in [1.29, 1.82) is 0 Å². The molecular weight excluding hydrogens is 266 g/mol. The Bertz CT molecular complexity index is 381. The number of amides is 2. The van der Waals surface area contributed by atoms with Crippen LogP contribution in [0.3, 0.4) is 0 Å². The monoisotopic (exact) mass is 295 g/mol. The van der Waals surface area contributed by atoms with E-state index in [1.54, 1.807) is 0 Å². The highest BCUT2D eigenvalue weighted by Crippen LogP contribution is 2.24. The molecule has 5 nitrogen and oxygen atoms in total. The Morgan fingerprint density at radius 2 is 1.62 bits per heavy atom. The van der Waals surface area contributed by atoms with E-state index >= 15 is 0 Å². The van der Waals surface area contributed by atoms with Crippen molar-refractivity contribution in [2.75, 3.05) is 26.2 Å². The Hall–Kier alpha value is -1.10. The molecule has 3 atom stereocenters. The molecule has 0 aliphatic carbocycles. The second-order valence-electron chi connectivity index (χ2n) is 7.08. The fourth-order valence-corrected chi connectivity index (χ4v) is 3.83. The SMILES string of the molecule is CC1CC(C)CN(C(=O)C(C)N2CCC(C(N)=O)CC2)C1. The van der Waals surface area contributed by atoms with Crippen LogP contribution in [0.5, 0.6) is 0 Å². The summed E-state index contributed by atoms with van der Waals surface area (Å²) in [5, 5.41) is 0. The number of likely N-dealkylation sites (tertiary alicyclic amines) is 2. The molecule has 0 saturated carbocycles. The standard InChI is InChI=1S/C16H29N3O2/c1-11-8-12(2)10-19(9-11)16(21)13(3)18-6-4-14(5-7-18)15(17)20/h11-14H,4-10H2,1-3H3,(H2,17,20). The quantitative estimate of drug-likeness (QED) is 0.847. The minimum absolute atomic E-state index is 0.0152. The first-order chi connectivity index (χ1) is 9.88. The van der Waals surface area contributed by atoms with Gasteiger partial charge >= 0.3 is 0 Å². The summed E-state index contributed by atoms with van der Waals surface area (Å²) in [7, 11) is 0. The summed E-state index contributed by atoms with van der Waals surface area (Å²) < 4.78 is 0. The van der Waals surface area contributed by atoms with Gasteiger partial charge in [-0.25, -0.2) is 0 Å². The third-order valence-corrected chi connectivity index (χ3v) is 5.02. The van der Waals surface area contributed by atoms with Gasteiger partial charge in [0.25, 0.3) is 0 Å². The number of primary amides is 1. The molecule has 0 spiro atoms. The molecule has 5 heteroatoms. The van der Waals surface area contributed by atoms with Gasteiger partial charge in [-0.3, -0.25) is 14.5 Å². The molecule has 2 fully saturated rings. The molecule has 2 heterocycles. The fourth-order valence-electron chi connectivity index (χ4n) is 3.83. The number of carbonyl (C=O) groups excluding carboxylic acids is 2. The first-order valence-corrected chi connectivity index (χ1v) is 8.20. The first kappa shape index (κ1) is 16.3. The Labute approximate surface area is 127 Å². The topological polar surface area (TPSA) is 66.6 Å². The van der Waals surface area contributed by atoms with Crippen LogP contribution in [0.25, 0.3) is 0 Å². The van der Waals surface area contributed by atoms with Crippen molar-refractivity contribution in [2.45, 2.75) is 46.1 Å². The second kappa shape index (κ2) is 6.77. The predicted octanol–water partition coefficient (Wildman–Crippen LogP) is 1.08. The molecule has 2 rings (SSSR count). The summed E-state index contributed by atoms with van der Waals surface area (Å²) in [4.78, 5) is 28.1. The molecular formula is C16H29N3O2. The molecule has 0 aromatic heterocycles. The van der Waals surface area contributed by atoms with E-state index in [4.69, 9.17) is 5.73 Å². The van der Waals surface area contributed by atoms with Gasteiger partial charge in [0.05, 0.1) is 6.04 Å². The van der Waals surface area contributed by atoms with E-state index in [0.29, 0.717) is 11.8 Å².